The Hall–Kier alpha value is -0.680. The maximum atomic E-state index is 11.4. The molecule has 126 valence electrons. The largest absolute Gasteiger partial charge is 1.00 e. The molecule has 2 aromatic rings. The molecule has 1 saturated heterocycles. The number of ether oxygens (including phenoxy) is 1. The van der Waals surface area contributed by atoms with Crippen molar-refractivity contribution in [1.82, 2.24) is 4.98 Å². The van der Waals surface area contributed by atoms with E-state index in [0.717, 1.165) is 0 Å². The van der Waals surface area contributed by atoms with Crippen LogP contribution in [0.3, 0.4) is 0 Å². The van der Waals surface area contributed by atoms with E-state index >= 15 is 0 Å². The van der Waals surface area contributed by atoms with E-state index in [1.54, 1.807) is 12.1 Å². The van der Waals surface area contributed by atoms with Crippen LogP contribution in [0.5, 0.6) is 0 Å². The molecule has 1 aromatic heterocycles. The van der Waals surface area contributed by atoms with Crippen molar-refractivity contribution in [3.63, 3.8) is 0 Å². The van der Waals surface area contributed by atoms with Gasteiger partial charge in [-0.1, -0.05) is 11.6 Å². The average Bonchev–Trinajstić information content (AvgIpc) is 2.92. The summed E-state index contributed by atoms with van der Waals surface area (Å²) in [7, 11) is 0. The maximum absolute atomic E-state index is 11.4. The standard InChI is InChI=1S/C14H14ClNO7.Na.H/c15-5-1-2-8-6(3-5)7(4-16-8)14(22)10(18)9(17)13(21)23-11(14)12(19)20;;/h1-4,9-11,13,16-18,21-22H,(H,19,20);;/q;+1;-1/t9-,10-,11-,13-,14+;;/m1../s1. The van der Waals surface area contributed by atoms with Crippen LogP contribution in [-0.4, -0.2) is 61.1 Å². The van der Waals surface area contributed by atoms with E-state index in [4.69, 9.17) is 16.3 Å². The molecule has 0 radical (unpaired) electrons. The van der Waals surface area contributed by atoms with Crippen molar-refractivity contribution in [1.29, 1.82) is 0 Å². The zero-order valence-electron chi connectivity index (χ0n) is 13.5. The van der Waals surface area contributed by atoms with E-state index in [2.05, 4.69) is 4.98 Å². The molecule has 0 spiro atoms. The van der Waals surface area contributed by atoms with Crippen LogP contribution < -0.4 is 29.6 Å². The summed E-state index contributed by atoms with van der Waals surface area (Å²) in [6.45, 7) is 0. The fourth-order valence-corrected chi connectivity index (χ4v) is 3.04. The normalized spacial score (nSPS) is 33.2. The van der Waals surface area contributed by atoms with Gasteiger partial charge in [0.2, 0.25) is 0 Å². The summed E-state index contributed by atoms with van der Waals surface area (Å²) in [6.07, 6.45) is -6.52. The number of rotatable bonds is 2. The minimum absolute atomic E-state index is 0. The van der Waals surface area contributed by atoms with Crippen molar-refractivity contribution in [2.24, 2.45) is 0 Å². The van der Waals surface area contributed by atoms with Gasteiger partial charge in [-0.2, -0.15) is 0 Å². The number of hydrogen-bond donors (Lipinski definition) is 6. The Morgan fingerprint density at radius 1 is 1.33 bits per heavy atom. The number of aromatic amines is 1. The average molecular weight is 368 g/mol. The van der Waals surface area contributed by atoms with Crippen molar-refractivity contribution < 1.29 is 66.0 Å². The van der Waals surface area contributed by atoms with Gasteiger partial charge < -0.3 is 36.7 Å². The van der Waals surface area contributed by atoms with Crippen molar-refractivity contribution in [2.75, 3.05) is 0 Å². The molecule has 6 N–H and O–H groups in total. The number of benzene rings is 1. The molecule has 10 heteroatoms. The quantitative estimate of drug-likeness (QED) is 0.304. The molecular weight excluding hydrogens is 353 g/mol. The Morgan fingerprint density at radius 2 is 2.00 bits per heavy atom. The second-order valence-corrected chi connectivity index (χ2v) is 5.83. The van der Waals surface area contributed by atoms with Crippen LogP contribution in [0.25, 0.3) is 10.9 Å². The molecule has 0 bridgehead atoms. The number of H-pyrrole nitrogens is 1. The fourth-order valence-electron chi connectivity index (χ4n) is 2.87. The first-order valence-electron chi connectivity index (χ1n) is 6.68. The molecule has 1 aliphatic rings. The number of aliphatic carboxylic acids is 1. The van der Waals surface area contributed by atoms with Crippen LogP contribution in [0.1, 0.15) is 6.99 Å². The molecule has 24 heavy (non-hydrogen) atoms. The zero-order valence-corrected chi connectivity index (χ0v) is 15.3. The number of aromatic nitrogens is 1. The number of carboxylic acids is 1. The Balaban J connectivity index is 0.00000156. The molecule has 1 fully saturated rings. The third-order valence-corrected chi connectivity index (χ3v) is 4.28. The number of aliphatic hydroxyl groups excluding tert-OH is 3. The second-order valence-electron chi connectivity index (χ2n) is 5.40. The van der Waals surface area contributed by atoms with E-state index in [1.165, 1.54) is 12.3 Å². The van der Waals surface area contributed by atoms with E-state index in [-0.39, 0.29) is 36.5 Å². The summed E-state index contributed by atoms with van der Waals surface area (Å²) < 4.78 is 4.80. The van der Waals surface area contributed by atoms with Crippen LogP contribution in [0, 0.1) is 0 Å². The first-order valence-corrected chi connectivity index (χ1v) is 7.06. The summed E-state index contributed by atoms with van der Waals surface area (Å²) in [4.78, 5) is 14.3. The Bertz CT molecular complexity index is 775. The van der Waals surface area contributed by atoms with Crippen LogP contribution in [0.4, 0.5) is 0 Å². The predicted octanol–water partition coefficient (Wildman–Crippen LogP) is -3.35. The molecule has 0 saturated carbocycles. The SMILES string of the molecule is O=C(O)[C@H]1O[C@@H](O)[C@H](O)[C@@H](O)[C@@]1(O)c1c[nH]c2ccc(Cl)cc12.[H-].[Na+]. The minimum Gasteiger partial charge on any atom is -1.00 e. The van der Waals surface area contributed by atoms with Crippen molar-refractivity contribution in [2.45, 2.75) is 30.2 Å². The first kappa shape index (κ1) is 19.6. The van der Waals surface area contributed by atoms with Crippen LogP contribution in [-0.2, 0) is 15.1 Å². The van der Waals surface area contributed by atoms with Crippen LogP contribution >= 0.6 is 11.6 Å². The summed E-state index contributed by atoms with van der Waals surface area (Å²) in [5, 5.41) is 50.5. The van der Waals surface area contributed by atoms with Gasteiger partial charge in [0.1, 0.15) is 12.2 Å². The molecule has 0 amide bonds. The summed E-state index contributed by atoms with van der Waals surface area (Å²) in [5.74, 6) is -1.60. The van der Waals surface area contributed by atoms with Crippen LogP contribution in [0.2, 0.25) is 5.02 Å². The number of carbonyl (C=O) groups is 1. The first-order chi connectivity index (χ1) is 10.8. The van der Waals surface area contributed by atoms with Crippen LogP contribution in [0.15, 0.2) is 24.4 Å². The number of hydrogen-bond acceptors (Lipinski definition) is 6. The molecule has 1 aromatic carbocycles. The molecule has 1 aliphatic heterocycles. The van der Waals surface area contributed by atoms with E-state index in [0.29, 0.717) is 15.9 Å². The molecule has 8 nitrogen and oxygen atoms in total. The third-order valence-electron chi connectivity index (χ3n) is 4.04. The summed E-state index contributed by atoms with van der Waals surface area (Å²) in [6, 6.07) is 4.68. The Kier molecular flexibility index (Phi) is 5.65. The smallest absolute Gasteiger partial charge is 1.00 e. The summed E-state index contributed by atoms with van der Waals surface area (Å²) >= 11 is 5.92. The van der Waals surface area contributed by atoms with Gasteiger partial charge in [-0.05, 0) is 18.2 Å². The second kappa shape index (κ2) is 6.91. The van der Waals surface area contributed by atoms with Gasteiger partial charge >= 0.3 is 35.5 Å². The van der Waals surface area contributed by atoms with Crippen molar-refractivity contribution >= 4 is 28.5 Å². The Labute approximate surface area is 164 Å². The Morgan fingerprint density at radius 3 is 2.62 bits per heavy atom. The molecule has 2 heterocycles. The van der Waals surface area contributed by atoms with Gasteiger partial charge in [-0.3, -0.25) is 0 Å². The predicted molar refractivity (Wildman–Crippen MR) is 78.8 cm³/mol. The number of nitrogens with one attached hydrogen (secondary N) is 1. The molecule has 0 aliphatic carbocycles. The van der Waals surface area contributed by atoms with Gasteiger partial charge in [0.25, 0.3) is 0 Å². The number of halogens is 1. The van der Waals surface area contributed by atoms with E-state index in [1.807, 2.05) is 0 Å². The monoisotopic (exact) mass is 367 g/mol. The van der Waals surface area contributed by atoms with Crippen molar-refractivity contribution in [3.8, 4) is 0 Å². The van der Waals surface area contributed by atoms with Gasteiger partial charge in [0, 0.05) is 27.7 Å². The molecular formula is C14H15ClNNaO7. The number of carboxylic acid groups (broad SMARTS) is 1. The van der Waals surface area contributed by atoms with Gasteiger partial charge in [0.15, 0.2) is 18.0 Å². The minimum atomic E-state index is -2.49. The third kappa shape index (κ3) is 2.88. The maximum Gasteiger partial charge on any atom is 1.00 e. The molecule has 3 rings (SSSR count). The van der Waals surface area contributed by atoms with Gasteiger partial charge in [0.05, 0.1) is 0 Å². The topological polar surface area (TPSA) is 143 Å². The fraction of sp³-hybridized carbons (Fsp3) is 0.357. The van der Waals surface area contributed by atoms with E-state index < -0.39 is 36.2 Å². The number of fused-ring (bicyclic) bond motifs is 1. The van der Waals surface area contributed by atoms with Gasteiger partial charge in [-0.25, -0.2) is 4.79 Å². The van der Waals surface area contributed by atoms with E-state index in [9.17, 15) is 30.3 Å². The molecule has 0 unspecified atom stereocenters. The summed E-state index contributed by atoms with van der Waals surface area (Å²) in [5.41, 5.74) is -1.97. The van der Waals surface area contributed by atoms with Crippen molar-refractivity contribution in [3.05, 3.63) is 35.0 Å². The molecule has 5 atom stereocenters. The number of aliphatic hydroxyl groups is 4. The zero-order chi connectivity index (χ0) is 16.9. The van der Waals surface area contributed by atoms with Gasteiger partial charge in [-0.15, -0.1) is 0 Å².